The number of nitrogens with one attached hydrogen (secondary N) is 2. The molecule has 2 aliphatic heterocycles. The monoisotopic (exact) mass is 510 g/mol. The van der Waals surface area contributed by atoms with Gasteiger partial charge in [0, 0.05) is 44.6 Å². The Balaban J connectivity index is 1.37. The Hall–Kier alpha value is -3.50. The third-order valence-corrected chi connectivity index (χ3v) is 7.28. The van der Waals surface area contributed by atoms with Gasteiger partial charge in [-0.2, -0.15) is 0 Å². The zero-order chi connectivity index (χ0) is 26.6. The van der Waals surface area contributed by atoms with Crippen LogP contribution in [0, 0.1) is 11.2 Å². The minimum Gasteiger partial charge on any atom is -0.402 e. The van der Waals surface area contributed by atoms with Crippen molar-refractivity contribution in [3.05, 3.63) is 71.8 Å². The van der Waals surface area contributed by atoms with E-state index < -0.39 is 11.6 Å². The summed E-state index contributed by atoms with van der Waals surface area (Å²) in [7, 11) is 1.59. The lowest BCUT2D eigenvalue weighted by Gasteiger charge is -2.54. The zero-order valence-electron chi connectivity index (χ0n) is 21.5. The minimum absolute atomic E-state index is 0.0701. The number of halogens is 2. The van der Waals surface area contributed by atoms with Crippen LogP contribution in [-0.4, -0.2) is 60.3 Å². The molecule has 1 spiro atoms. The van der Waals surface area contributed by atoms with Crippen molar-refractivity contribution in [3.8, 4) is 0 Å². The van der Waals surface area contributed by atoms with Crippen LogP contribution in [0.25, 0.3) is 0 Å². The van der Waals surface area contributed by atoms with Crippen molar-refractivity contribution < 1.29 is 8.78 Å². The van der Waals surface area contributed by atoms with Crippen LogP contribution in [0.1, 0.15) is 30.9 Å². The number of aromatic nitrogens is 1. The molecule has 10 heteroatoms. The van der Waals surface area contributed by atoms with E-state index in [0.717, 1.165) is 44.0 Å². The Kier molecular flexibility index (Phi) is 8.09. The first-order valence-corrected chi connectivity index (χ1v) is 12.5. The highest BCUT2D eigenvalue weighted by atomic mass is 19.1. The molecule has 2 fully saturated rings. The van der Waals surface area contributed by atoms with E-state index in [0.29, 0.717) is 16.9 Å². The summed E-state index contributed by atoms with van der Waals surface area (Å²) in [6, 6.07) is 6.44. The van der Waals surface area contributed by atoms with Gasteiger partial charge in [0.1, 0.15) is 23.2 Å². The summed E-state index contributed by atoms with van der Waals surface area (Å²) in [4.78, 5) is 13.7. The highest BCUT2D eigenvalue weighted by molar-refractivity contribution is 6.12. The molecular weight excluding hydrogens is 474 g/mol. The number of nitrogen functional groups attached to an aromatic ring is 1. The van der Waals surface area contributed by atoms with Crippen molar-refractivity contribution >= 4 is 22.9 Å². The molecule has 0 unspecified atom stereocenters. The summed E-state index contributed by atoms with van der Waals surface area (Å²) < 4.78 is 28.9. The van der Waals surface area contributed by atoms with E-state index in [1.807, 2.05) is 18.3 Å². The van der Waals surface area contributed by atoms with E-state index in [-0.39, 0.29) is 22.8 Å². The van der Waals surface area contributed by atoms with E-state index in [1.165, 1.54) is 32.0 Å². The molecule has 198 valence electrons. The third-order valence-electron chi connectivity index (χ3n) is 7.28. The normalized spacial score (nSPS) is 18.5. The molecular formula is C27H36F2N8. The van der Waals surface area contributed by atoms with E-state index in [2.05, 4.69) is 43.9 Å². The Labute approximate surface area is 217 Å². The van der Waals surface area contributed by atoms with Gasteiger partial charge in [0.2, 0.25) is 0 Å². The first-order valence-electron chi connectivity index (χ1n) is 12.5. The number of benzene rings is 1. The maximum absolute atomic E-state index is 14.6. The van der Waals surface area contributed by atoms with Crippen molar-refractivity contribution in [1.29, 1.82) is 0 Å². The summed E-state index contributed by atoms with van der Waals surface area (Å²) >= 11 is 0. The number of anilines is 3. The molecule has 0 atom stereocenters. The number of hydrogen-bond acceptors (Lipinski definition) is 8. The Morgan fingerprint density at radius 3 is 2.57 bits per heavy atom. The quantitative estimate of drug-likeness (QED) is 0.299. The number of piperidine rings is 1. The first kappa shape index (κ1) is 26.6. The Morgan fingerprint density at radius 2 is 1.97 bits per heavy atom. The Morgan fingerprint density at radius 1 is 1.24 bits per heavy atom. The van der Waals surface area contributed by atoms with Crippen LogP contribution in [0.3, 0.4) is 0 Å². The van der Waals surface area contributed by atoms with E-state index in [9.17, 15) is 8.78 Å². The zero-order valence-corrected chi connectivity index (χ0v) is 21.5. The number of hydrogen-bond donors (Lipinski definition) is 4. The number of rotatable bonds is 9. The predicted molar refractivity (Wildman–Crippen MR) is 146 cm³/mol. The second-order valence-electron chi connectivity index (χ2n) is 9.85. The van der Waals surface area contributed by atoms with Crippen molar-refractivity contribution in [3.63, 3.8) is 0 Å². The second kappa shape index (κ2) is 11.3. The number of nitrogens with zero attached hydrogens (tertiary/aromatic N) is 4. The fourth-order valence-electron chi connectivity index (χ4n) is 5.13. The van der Waals surface area contributed by atoms with Gasteiger partial charge in [0.25, 0.3) is 0 Å². The highest BCUT2D eigenvalue weighted by Gasteiger charge is 2.44. The summed E-state index contributed by atoms with van der Waals surface area (Å²) in [5.41, 5.74) is 12.9. The molecule has 2 aliphatic rings. The van der Waals surface area contributed by atoms with Gasteiger partial charge >= 0.3 is 0 Å². The van der Waals surface area contributed by atoms with Gasteiger partial charge in [-0.1, -0.05) is 19.6 Å². The average molecular weight is 511 g/mol. The van der Waals surface area contributed by atoms with Crippen molar-refractivity contribution in [2.45, 2.75) is 26.3 Å². The Bertz CT molecular complexity index is 1180. The average Bonchev–Trinajstić information content (AvgIpc) is 2.89. The topological polar surface area (TPSA) is 108 Å². The molecule has 6 N–H and O–H groups in total. The molecule has 0 saturated carbocycles. The minimum atomic E-state index is -0.829. The standard InChI is InChI=1S/C27H36F2N8/c1-4-36-9-7-27(8-10-36)16-37(17-27)15-19-5-6-24(33-14-19)34-18(2)35-26(22(29)13-30)20-11-21(28)25(31)23(12-20)32-3/h5-6,11-14,32H,2,4,7-10,15-17,30-31H2,1,3H3,(H,33,34)/b22-13+,35-26-. The van der Waals surface area contributed by atoms with Crippen molar-refractivity contribution in [2.75, 3.05) is 56.1 Å². The van der Waals surface area contributed by atoms with E-state index >= 15 is 0 Å². The summed E-state index contributed by atoms with van der Waals surface area (Å²) in [5, 5.41) is 5.74. The van der Waals surface area contributed by atoms with Crippen LogP contribution in [0.4, 0.5) is 26.0 Å². The fourth-order valence-corrected chi connectivity index (χ4v) is 5.13. The van der Waals surface area contributed by atoms with Gasteiger partial charge < -0.3 is 27.0 Å². The second-order valence-corrected chi connectivity index (χ2v) is 9.85. The largest absolute Gasteiger partial charge is 0.402 e. The maximum Gasteiger partial charge on any atom is 0.164 e. The highest BCUT2D eigenvalue weighted by Crippen LogP contribution is 2.41. The molecule has 0 amide bonds. The molecule has 2 saturated heterocycles. The van der Waals surface area contributed by atoms with Gasteiger partial charge in [-0.15, -0.1) is 0 Å². The molecule has 2 aromatic rings. The van der Waals surface area contributed by atoms with Crippen molar-refractivity contribution in [2.24, 2.45) is 16.1 Å². The molecule has 0 radical (unpaired) electrons. The van der Waals surface area contributed by atoms with Crippen LogP contribution in [0.2, 0.25) is 0 Å². The summed E-state index contributed by atoms with van der Waals surface area (Å²) in [6.07, 6.45) is 5.14. The lowest BCUT2D eigenvalue weighted by atomic mass is 9.72. The smallest absolute Gasteiger partial charge is 0.164 e. The molecule has 8 nitrogen and oxygen atoms in total. The molecule has 0 aliphatic carbocycles. The van der Waals surface area contributed by atoms with E-state index in [1.54, 1.807) is 7.05 Å². The number of likely N-dealkylation sites (tertiary alicyclic amines) is 2. The van der Waals surface area contributed by atoms with Gasteiger partial charge in [-0.25, -0.2) is 18.8 Å². The van der Waals surface area contributed by atoms with Gasteiger partial charge in [0.15, 0.2) is 5.83 Å². The lowest BCUT2D eigenvalue weighted by Crippen LogP contribution is -2.59. The SMILES string of the molecule is C=C(/N=C(\C(F)=C/N)c1cc(F)c(N)c(NC)c1)Nc1ccc(CN2CC3(CCN(CC)CC3)C2)cn1. The van der Waals surface area contributed by atoms with Crippen LogP contribution in [0.5, 0.6) is 0 Å². The van der Waals surface area contributed by atoms with Gasteiger partial charge in [-0.3, -0.25) is 4.90 Å². The fraction of sp³-hybridized carbons (Fsp3) is 0.407. The van der Waals surface area contributed by atoms with Crippen LogP contribution >= 0.6 is 0 Å². The van der Waals surface area contributed by atoms with Crippen molar-refractivity contribution in [1.82, 2.24) is 14.8 Å². The summed E-state index contributed by atoms with van der Waals surface area (Å²) in [6.45, 7) is 12.8. The number of aliphatic imine (C=N–C) groups is 1. The number of allylic oxidation sites excluding steroid dienone is 1. The van der Waals surface area contributed by atoms with Crippen LogP contribution in [0.15, 0.2) is 59.9 Å². The predicted octanol–water partition coefficient (Wildman–Crippen LogP) is 3.90. The lowest BCUT2D eigenvalue weighted by molar-refractivity contribution is -0.0502. The molecule has 3 heterocycles. The van der Waals surface area contributed by atoms with E-state index in [4.69, 9.17) is 11.5 Å². The molecule has 1 aromatic carbocycles. The van der Waals surface area contributed by atoms with Gasteiger partial charge in [0.05, 0.1) is 11.4 Å². The van der Waals surface area contributed by atoms with Gasteiger partial charge in [-0.05, 0) is 61.7 Å². The molecule has 4 rings (SSSR count). The molecule has 37 heavy (non-hydrogen) atoms. The number of pyridine rings is 1. The first-order chi connectivity index (χ1) is 17.8. The maximum atomic E-state index is 14.6. The van der Waals surface area contributed by atoms with Crippen LogP contribution in [-0.2, 0) is 6.54 Å². The summed E-state index contributed by atoms with van der Waals surface area (Å²) in [5.74, 6) is -0.890. The number of nitrogens with two attached hydrogens (primary N) is 2. The molecule has 0 bridgehead atoms. The molecule has 1 aromatic heterocycles. The van der Waals surface area contributed by atoms with Crippen LogP contribution < -0.4 is 22.1 Å². The third kappa shape index (κ3) is 6.08.